The van der Waals surface area contributed by atoms with Crippen LogP contribution in [0.2, 0.25) is 0 Å². The molecule has 100 valence electrons. The molecular formula is C10H11F3N2O3. The third kappa shape index (κ3) is 4.91. The van der Waals surface area contributed by atoms with Crippen LogP contribution in [-0.4, -0.2) is 25.5 Å². The molecule has 0 saturated carbocycles. The topological polar surface area (TPSA) is 87.6 Å². The normalized spacial score (nSPS) is 11.3. The minimum atomic E-state index is -4.74. The lowest BCUT2D eigenvalue weighted by molar-refractivity contribution is -0.326. The van der Waals surface area contributed by atoms with Gasteiger partial charge in [0.2, 0.25) is 0 Å². The number of nitrogen functional groups attached to an aromatic ring is 2. The molecule has 0 amide bonds. The van der Waals surface area contributed by atoms with Gasteiger partial charge in [0.05, 0.1) is 12.2 Å². The van der Waals surface area contributed by atoms with E-state index in [0.29, 0.717) is 0 Å². The average Bonchev–Trinajstić information content (AvgIpc) is 2.21. The van der Waals surface area contributed by atoms with Gasteiger partial charge in [0, 0.05) is 11.4 Å². The van der Waals surface area contributed by atoms with E-state index in [0.717, 1.165) is 0 Å². The van der Waals surface area contributed by atoms with E-state index in [-0.39, 0.29) is 16.9 Å². The minimum absolute atomic E-state index is 0.0690. The summed E-state index contributed by atoms with van der Waals surface area (Å²) in [7, 11) is 0. The molecule has 0 radical (unpaired) electrons. The van der Waals surface area contributed by atoms with Crippen molar-refractivity contribution < 1.29 is 27.4 Å². The summed E-state index contributed by atoms with van der Waals surface area (Å²) in [5.74, 6) is -0.820. The van der Waals surface area contributed by atoms with Crippen LogP contribution in [0, 0.1) is 0 Å². The van der Waals surface area contributed by atoms with Crippen LogP contribution in [0.4, 0.5) is 24.5 Å². The predicted molar refractivity (Wildman–Crippen MR) is 57.6 cm³/mol. The van der Waals surface area contributed by atoms with Crippen molar-refractivity contribution >= 4 is 17.3 Å². The molecule has 0 spiro atoms. The van der Waals surface area contributed by atoms with Crippen molar-refractivity contribution in [2.24, 2.45) is 0 Å². The summed E-state index contributed by atoms with van der Waals surface area (Å²) in [6, 6.07) is 4.05. The van der Waals surface area contributed by atoms with Crippen LogP contribution in [-0.2, 0) is 9.47 Å². The fourth-order valence-corrected chi connectivity index (χ4v) is 1.17. The molecule has 0 fully saturated rings. The maximum absolute atomic E-state index is 11.6. The molecule has 4 N–H and O–H groups in total. The number of benzene rings is 1. The summed E-state index contributed by atoms with van der Waals surface area (Å²) in [5.41, 5.74) is 11.5. The van der Waals surface area contributed by atoms with E-state index in [1.807, 2.05) is 0 Å². The Labute approximate surface area is 100 Å². The molecule has 5 nitrogen and oxygen atoms in total. The molecule has 1 rings (SSSR count). The third-order valence-corrected chi connectivity index (χ3v) is 1.80. The highest BCUT2D eigenvalue weighted by Gasteiger charge is 2.28. The Morgan fingerprint density at radius 3 is 2.17 bits per heavy atom. The number of nitrogens with two attached hydrogens (primary N) is 2. The second-order valence-electron chi connectivity index (χ2n) is 3.32. The zero-order valence-corrected chi connectivity index (χ0v) is 9.16. The SMILES string of the molecule is Nc1cc(N)cc(C(=O)OCCOC(F)(F)F)c1. The first-order valence-corrected chi connectivity index (χ1v) is 4.82. The van der Waals surface area contributed by atoms with Crippen molar-refractivity contribution in [1.82, 2.24) is 0 Å². The lowest BCUT2D eigenvalue weighted by atomic mass is 10.2. The van der Waals surface area contributed by atoms with Crippen LogP contribution in [0.5, 0.6) is 0 Å². The van der Waals surface area contributed by atoms with Gasteiger partial charge in [0.1, 0.15) is 6.61 Å². The van der Waals surface area contributed by atoms with Gasteiger partial charge in [0.15, 0.2) is 0 Å². The van der Waals surface area contributed by atoms with Gasteiger partial charge >= 0.3 is 12.3 Å². The largest absolute Gasteiger partial charge is 0.522 e. The number of alkyl halides is 3. The van der Waals surface area contributed by atoms with Crippen molar-refractivity contribution in [3.05, 3.63) is 23.8 Å². The lowest BCUT2D eigenvalue weighted by Gasteiger charge is -2.08. The van der Waals surface area contributed by atoms with Gasteiger partial charge in [-0.3, -0.25) is 4.74 Å². The number of halogens is 3. The predicted octanol–water partition coefficient (Wildman–Crippen LogP) is 1.54. The van der Waals surface area contributed by atoms with Gasteiger partial charge in [0.25, 0.3) is 0 Å². The van der Waals surface area contributed by atoms with Crippen LogP contribution < -0.4 is 11.5 Å². The van der Waals surface area contributed by atoms with E-state index in [4.69, 9.17) is 11.5 Å². The second kappa shape index (κ2) is 5.58. The Balaban J connectivity index is 2.46. The summed E-state index contributed by atoms with van der Waals surface area (Å²) in [6.45, 7) is -1.29. The number of rotatable bonds is 4. The quantitative estimate of drug-likeness (QED) is 0.489. The zero-order valence-electron chi connectivity index (χ0n) is 9.16. The van der Waals surface area contributed by atoms with E-state index in [1.54, 1.807) is 0 Å². The molecule has 0 aromatic heterocycles. The molecule has 0 aliphatic rings. The smallest absolute Gasteiger partial charge is 0.460 e. The summed E-state index contributed by atoms with van der Waals surface area (Å²) < 4.78 is 42.8. The van der Waals surface area contributed by atoms with E-state index >= 15 is 0 Å². The molecular weight excluding hydrogens is 253 g/mol. The standard InChI is InChI=1S/C10H11F3N2O3/c11-10(12,13)18-2-1-17-9(16)6-3-7(14)5-8(15)4-6/h3-5H,1-2,14-15H2. The van der Waals surface area contributed by atoms with Crippen LogP contribution >= 0.6 is 0 Å². The molecule has 8 heteroatoms. The van der Waals surface area contributed by atoms with E-state index < -0.39 is 25.5 Å². The summed E-state index contributed by atoms with van der Waals surface area (Å²) >= 11 is 0. The Morgan fingerprint density at radius 2 is 1.67 bits per heavy atom. The first-order chi connectivity index (χ1) is 8.28. The molecule has 18 heavy (non-hydrogen) atoms. The monoisotopic (exact) mass is 264 g/mol. The van der Waals surface area contributed by atoms with Crippen LogP contribution in [0.3, 0.4) is 0 Å². The number of anilines is 2. The van der Waals surface area contributed by atoms with Crippen molar-refractivity contribution in [3.63, 3.8) is 0 Å². The van der Waals surface area contributed by atoms with Crippen molar-refractivity contribution in [2.75, 3.05) is 24.7 Å². The molecule has 0 atom stereocenters. The minimum Gasteiger partial charge on any atom is -0.460 e. The molecule has 1 aromatic carbocycles. The van der Waals surface area contributed by atoms with E-state index in [9.17, 15) is 18.0 Å². The fourth-order valence-electron chi connectivity index (χ4n) is 1.17. The highest BCUT2D eigenvalue weighted by atomic mass is 19.4. The van der Waals surface area contributed by atoms with Crippen molar-refractivity contribution in [1.29, 1.82) is 0 Å². The Kier molecular flexibility index (Phi) is 4.38. The molecule has 0 aliphatic carbocycles. The van der Waals surface area contributed by atoms with Gasteiger partial charge < -0.3 is 16.2 Å². The van der Waals surface area contributed by atoms with Gasteiger partial charge in [-0.15, -0.1) is 13.2 Å². The Morgan fingerprint density at radius 1 is 1.11 bits per heavy atom. The third-order valence-electron chi connectivity index (χ3n) is 1.80. The van der Waals surface area contributed by atoms with E-state index in [1.165, 1.54) is 18.2 Å². The first-order valence-electron chi connectivity index (χ1n) is 4.82. The number of carbonyl (C=O) groups is 1. The fraction of sp³-hybridized carbons (Fsp3) is 0.300. The highest BCUT2D eigenvalue weighted by molar-refractivity contribution is 5.91. The summed E-state index contributed by atoms with van der Waals surface area (Å²) in [4.78, 5) is 11.4. The zero-order chi connectivity index (χ0) is 13.8. The first kappa shape index (κ1) is 14.1. The van der Waals surface area contributed by atoms with Crippen LogP contribution in [0.1, 0.15) is 10.4 Å². The second-order valence-corrected chi connectivity index (χ2v) is 3.32. The molecule has 1 aromatic rings. The van der Waals surface area contributed by atoms with Crippen molar-refractivity contribution in [3.8, 4) is 0 Å². The van der Waals surface area contributed by atoms with Gasteiger partial charge in [-0.1, -0.05) is 0 Å². The number of carbonyl (C=O) groups excluding carboxylic acids is 1. The highest BCUT2D eigenvalue weighted by Crippen LogP contribution is 2.16. The average molecular weight is 264 g/mol. The van der Waals surface area contributed by atoms with Gasteiger partial charge in [-0.2, -0.15) is 0 Å². The lowest BCUT2D eigenvalue weighted by Crippen LogP contribution is -2.18. The number of hydrogen-bond acceptors (Lipinski definition) is 5. The molecule has 0 unspecified atom stereocenters. The van der Waals surface area contributed by atoms with Crippen molar-refractivity contribution in [2.45, 2.75) is 6.36 Å². The molecule has 0 heterocycles. The Bertz CT molecular complexity index is 415. The van der Waals surface area contributed by atoms with Crippen LogP contribution in [0.25, 0.3) is 0 Å². The number of esters is 1. The van der Waals surface area contributed by atoms with Gasteiger partial charge in [-0.25, -0.2) is 4.79 Å². The number of ether oxygens (including phenoxy) is 2. The van der Waals surface area contributed by atoms with E-state index in [2.05, 4.69) is 9.47 Å². The summed E-state index contributed by atoms with van der Waals surface area (Å²) in [6.07, 6.45) is -4.74. The molecule has 0 aliphatic heterocycles. The Hall–Kier alpha value is -1.96. The summed E-state index contributed by atoms with van der Waals surface area (Å²) in [5, 5.41) is 0. The number of hydrogen-bond donors (Lipinski definition) is 2. The molecule has 0 saturated heterocycles. The molecule has 0 bridgehead atoms. The van der Waals surface area contributed by atoms with Gasteiger partial charge in [-0.05, 0) is 18.2 Å². The maximum atomic E-state index is 11.6. The van der Waals surface area contributed by atoms with Crippen LogP contribution in [0.15, 0.2) is 18.2 Å². The maximum Gasteiger partial charge on any atom is 0.522 e.